The number of anilines is 1. The lowest BCUT2D eigenvalue weighted by Gasteiger charge is -2.26. The summed E-state index contributed by atoms with van der Waals surface area (Å²) in [5.41, 5.74) is 12.8. The first kappa shape index (κ1) is 20.2. The van der Waals surface area contributed by atoms with Gasteiger partial charge in [0, 0.05) is 59.8 Å². The number of morpholine rings is 1. The van der Waals surface area contributed by atoms with Crippen LogP contribution in [0.4, 0.5) is 5.69 Å². The summed E-state index contributed by atoms with van der Waals surface area (Å²) in [5, 5.41) is 0.870. The Labute approximate surface area is 187 Å². The maximum Gasteiger partial charge on any atom is 0.0761 e. The fourth-order valence-electron chi connectivity index (χ4n) is 3.82. The molecule has 0 atom stereocenters. The van der Waals surface area contributed by atoms with Gasteiger partial charge < -0.3 is 10.5 Å². The van der Waals surface area contributed by atoms with Crippen LogP contribution in [0.5, 0.6) is 0 Å². The fraction of sp³-hybridized carbons (Fsp3) is 0.185. The SMILES string of the molecule is Nc1cc(-c2ccc(C#Cc3ccc(CN4CCOCC4)cc3)cc2)nc2ccncc12. The topological polar surface area (TPSA) is 64.3 Å². The first-order valence-corrected chi connectivity index (χ1v) is 10.8. The second kappa shape index (κ2) is 9.19. The van der Waals surface area contributed by atoms with Crippen LogP contribution in [0.3, 0.4) is 0 Å². The van der Waals surface area contributed by atoms with Crippen LogP contribution in [0.25, 0.3) is 22.2 Å². The Hall–Kier alpha value is -3.72. The van der Waals surface area contributed by atoms with E-state index in [2.05, 4.69) is 46.0 Å². The molecule has 2 N–H and O–H groups in total. The molecule has 1 saturated heterocycles. The molecule has 3 heterocycles. The van der Waals surface area contributed by atoms with Crippen LogP contribution >= 0.6 is 0 Å². The summed E-state index contributed by atoms with van der Waals surface area (Å²) in [4.78, 5) is 11.3. The number of benzene rings is 2. The third kappa shape index (κ3) is 4.62. The minimum Gasteiger partial charge on any atom is -0.398 e. The van der Waals surface area contributed by atoms with Crippen LogP contribution in [0.15, 0.2) is 73.1 Å². The molecule has 158 valence electrons. The maximum atomic E-state index is 6.19. The fourth-order valence-corrected chi connectivity index (χ4v) is 3.82. The van der Waals surface area contributed by atoms with Crippen molar-refractivity contribution in [2.45, 2.75) is 6.54 Å². The minimum absolute atomic E-state index is 0.680. The molecule has 0 amide bonds. The lowest BCUT2D eigenvalue weighted by Crippen LogP contribution is -2.35. The second-order valence-corrected chi connectivity index (χ2v) is 7.90. The van der Waals surface area contributed by atoms with Crippen LogP contribution in [0.1, 0.15) is 16.7 Å². The van der Waals surface area contributed by atoms with Crippen molar-refractivity contribution in [2.24, 2.45) is 0 Å². The number of hydrogen-bond acceptors (Lipinski definition) is 5. The molecule has 1 aliphatic rings. The zero-order valence-electron chi connectivity index (χ0n) is 17.8. The van der Waals surface area contributed by atoms with Crippen LogP contribution in [0, 0.1) is 11.8 Å². The Morgan fingerprint density at radius 3 is 2.31 bits per heavy atom. The van der Waals surface area contributed by atoms with E-state index in [1.807, 2.05) is 36.4 Å². The van der Waals surface area contributed by atoms with E-state index in [0.29, 0.717) is 5.69 Å². The number of ether oxygens (including phenoxy) is 1. The average Bonchev–Trinajstić information content (AvgIpc) is 2.85. The Kier molecular flexibility index (Phi) is 5.80. The molecule has 1 aliphatic heterocycles. The van der Waals surface area contributed by atoms with Gasteiger partial charge in [0.15, 0.2) is 0 Å². The van der Waals surface area contributed by atoms with Crippen LogP contribution in [0.2, 0.25) is 0 Å². The third-order valence-electron chi connectivity index (χ3n) is 5.64. The molecule has 0 aliphatic carbocycles. The Morgan fingerprint density at radius 2 is 1.59 bits per heavy atom. The molecule has 32 heavy (non-hydrogen) atoms. The normalized spacial score (nSPS) is 14.1. The zero-order chi connectivity index (χ0) is 21.8. The highest BCUT2D eigenvalue weighted by Crippen LogP contribution is 2.25. The number of nitrogens with two attached hydrogens (primary N) is 1. The molecular weight excluding hydrogens is 396 g/mol. The third-order valence-corrected chi connectivity index (χ3v) is 5.64. The number of pyridine rings is 2. The van der Waals surface area contributed by atoms with Crippen molar-refractivity contribution in [1.29, 1.82) is 0 Å². The highest BCUT2D eigenvalue weighted by atomic mass is 16.5. The monoisotopic (exact) mass is 420 g/mol. The maximum absolute atomic E-state index is 6.19. The predicted octanol–water partition coefficient (Wildman–Crippen LogP) is 4.11. The Bertz CT molecular complexity index is 1280. The summed E-state index contributed by atoms with van der Waals surface area (Å²) in [5.74, 6) is 6.51. The summed E-state index contributed by atoms with van der Waals surface area (Å²) in [6, 6.07) is 20.4. The van der Waals surface area contributed by atoms with Crippen molar-refractivity contribution in [2.75, 3.05) is 32.0 Å². The summed E-state index contributed by atoms with van der Waals surface area (Å²) < 4.78 is 5.41. The molecule has 5 heteroatoms. The molecule has 5 nitrogen and oxygen atoms in total. The highest BCUT2D eigenvalue weighted by molar-refractivity contribution is 5.91. The number of nitrogen functional groups attached to an aromatic ring is 1. The summed E-state index contributed by atoms with van der Waals surface area (Å²) in [6.07, 6.45) is 3.47. The molecule has 0 saturated carbocycles. The van der Waals surface area contributed by atoms with Crippen molar-refractivity contribution in [3.63, 3.8) is 0 Å². The molecule has 2 aromatic heterocycles. The number of aromatic nitrogens is 2. The van der Waals surface area contributed by atoms with Gasteiger partial charge in [0.1, 0.15) is 0 Å². The van der Waals surface area contributed by atoms with E-state index in [-0.39, 0.29) is 0 Å². The second-order valence-electron chi connectivity index (χ2n) is 7.90. The molecule has 2 aromatic carbocycles. The summed E-state index contributed by atoms with van der Waals surface area (Å²) in [6.45, 7) is 4.60. The van der Waals surface area contributed by atoms with E-state index >= 15 is 0 Å². The van der Waals surface area contributed by atoms with Crippen molar-refractivity contribution in [3.05, 3.63) is 89.7 Å². The van der Waals surface area contributed by atoms with E-state index in [1.54, 1.807) is 12.4 Å². The van der Waals surface area contributed by atoms with Gasteiger partial charge in [0.2, 0.25) is 0 Å². The van der Waals surface area contributed by atoms with Crippen LogP contribution < -0.4 is 5.73 Å². The highest BCUT2D eigenvalue weighted by Gasteiger charge is 2.10. The molecule has 0 unspecified atom stereocenters. The smallest absolute Gasteiger partial charge is 0.0761 e. The molecule has 0 bridgehead atoms. The summed E-state index contributed by atoms with van der Waals surface area (Å²) >= 11 is 0. The number of nitrogens with zero attached hydrogens (tertiary/aromatic N) is 3. The van der Waals surface area contributed by atoms with Gasteiger partial charge in [-0.15, -0.1) is 0 Å². The first-order chi connectivity index (χ1) is 15.7. The van der Waals surface area contributed by atoms with Crippen molar-refractivity contribution >= 4 is 16.6 Å². The standard InChI is InChI=1S/C27H24N4O/c28-25-17-27(30-26-11-12-29-18-24(25)26)23-9-7-21(8-10-23)2-1-20-3-5-22(6-4-20)19-31-13-15-32-16-14-31/h3-12,17-18H,13-16,19H2,(H2,28,30). The van der Waals surface area contributed by atoms with Crippen molar-refractivity contribution < 1.29 is 4.74 Å². The van der Waals surface area contributed by atoms with E-state index in [4.69, 9.17) is 15.5 Å². The molecular formula is C27H24N4O. The Morgan fingerprint density at radius 1 is 0.906 bits per heavy atom. The van der Waals surface area contributed by atoms with E-state index < -0.39 is 0 Å². The minimum atomic E-state index is 0.680. The van der Waals surface area contributed by atoms with Crippen molar-refractivity contribution in [3.8, 4) is 23.1 Å². The van der Waals surface area contributed by atoms with E-state index in [9.17, 15) is 0 Å². The number of fused-ring (bicyclic) bond motifs is 1. The van der Waals surface area contributed by atoms with Crippen LogP contribution in [-0.2, 0) is 11.3 Å². The van der Waals surface area contributed by atoms with Gasteiger partial charge in [-0.25, -0.2) is 4.98 Å². The first-order valence-electron chi connectivity index (χ1n) is 10.8. The average molecular weight is 421 g/mol. The van der Waals surface area contributed by atoms with Gasteiger partial charge in [0.05, 0.1) is 24.4 Å². The zero-order valence-corrected chi connectivity index (χ0v) is 17.8. The summed E-state index contributed by atoms with van der Waals surface area (Å²) in [7, 11) is 0. The number of hydrogen-bond donors (Lipinski definition) is 1. The number of rotatable bonds is 3. The van der Waals surface area contributed by atoms with E-state index in [1.165, 1.54) is 5.56 Å². The van der Waals surface area contributed by atoms with E-state index in [0.717, 1.165) is 66.1 Å². The molecule has 4 aromatic rings. The quantitative estimate of drug-likeness (QED) is 0.506. The largest absolute Gasteiger partial charge is 0.398 e. The molecule has 0 spiro atoms. The lowest BCUT2D eigenvalue weighted by molar-refractivity contribution is 0.0342. The molecule has 1 fully saturated rings. The molecule has 5 rings (SSSR count). The van der Waals surface area contributed by atoms with Gasteiger partial charge in [-0.2, -0.15) is 0 Å². The molecule has 0 radical (unpaired) electrons. The van der Waals surface area contributed by atoms with Crippen LogP contribution in [-0.4, -0.2) is 41.2 Å². The predicted molar refractivity (Wildman–Crippen MR) is 128 cm³/mol. The Balaban J connectivity index is 1.28. The lowest BCUT2D eigenvalue weighted by atomic mass is 10.1. The van der Waals surface area contributed by atoms with Gasteiger partial charge in [-0.1, -0.05) is 36.1 Å². The van der Waals surface area contributed by atoms with Gasteiger partial charge in [-0.3, -0.25) is 9.88 Å². The van der Waals surface area contributed by atoms with Gasteiger partial charge in [-0.05, 0) is 42.0 Å². The van der Waals surface area contributed by atoms with Gasteiger partial charge >= 0.3 is 0 Å². The van der Waals surface area contributed by atoms with Crippen molar-refractivity contribution in [1.82, 2.24) is 14.9 Å². The van der Waals surface area contributed by atoms with Gasteiger partial charge in [0.25, 0.3) is 0 Å².